The van der Waals surface area contributed by atoms with Crippen molar-refractivity contribution in [1.82, 2.24) is 10.2 Å². The van der Waals surface area contributed by atoms with Gasteiger partial charge in [-0.1, -0.05) is 0 Å². The Bertz CT molecular complexity index is 390. The number of nitrogens with zero attached hydrogens (tertiary/aromatic N) is 1. The third-order valence-electron chi connectivity index (χ3n) is 3.33. The van der Waals surface area contributed by atoms with E-state index in [4.69, 9.17) is 21.1 Å². The van der Waals surface area contributed by atoms with Crippen molar-refractivity contribution < 1.29 is 34.5 Å². The molecule has 2 amide bonds. The third-order valence-corrected chi connectivity index (χ3v) is 3.33. The molecule has 24 heavy (non-hydrogen) atoms. The lowest BCUT2D eigenvalue weighted by Gasteiger charge is -2.09. The number of urea groups is 1. The molecule has 0 aromatic rings. The van der Waals surface area contributed by atoms with Gasteiger partial charge in [0.1, 0.15) is 6.04 Å². The highest BCUT2D eigenvalue weighted by Gasteiger charge is 2.20. The van der Waals surface area contributed by atoms with E-state index in [0.29, 0.717) is 0 Å². The number of primary amides is 1. The van der Waals surface area contributed by atoms with Crippen LogP contribution in [0.25, 0.3) is 0 Å². The molecule has 1 atom stereocenters. The number of likely N-dealkylation sites (tertiary alicyclic amines) is 1. The Morgan fingerprint density at radius 1 is 0.958 bits per heavy atom. The molecule has 0 aromatic heterocycles. The summed E-state index contributed by atoms with van der Waals surface area (Å²) in [6, 6.07) is -0.544. The molecule has 2 heterocycles. The number of hydrogen-bond donors (Lipinski definition) is 5. The first-order valence-electron chi connectivity index (χ1n) is 7.68. The summed E-state index contributed by atoms with van der Waals surface area (Å²) in [6.07, 6.45) is 3.42. The van der Waals surface area contributed by atoms with Crippen LogP contribution in [0, 0.1) is 0 Å². The zero-order valence-corrected chi connectivity index (χ0v) is 13.4. The number of carbonyl (C=O) groups excluding carboxylic acids is 1. The first-order valence-corrected chi connectivity index (χ1v) is 7.68. The Morgan fingerprint density at radius 2 is 1.46 bits per heavy atom. The second-order valence-corrected chi connectivity index (χ2v) is 5.31. The van der Waals surface area contributed by atoms with Gasteiger partial charge in [0, 0.05) is 13.1 Å². The fraction of sp³-hybridized carbons (Fsp3) is 0.714. The highest BCUT2D eigenvalue weighted by atomic mass is 16.4. The zero-order valence-electron chi connectivity index (χ0n) is 13.4. The van der Waals surface area contributed by atoms with E-state index in [1.165, 1.54) is 0 Å². The van der Waals surface area contributed by atoms with Crippen molar-refractivity contribution in [1.29, 1.82) is 0 Å². The standard InChI is InChI=1S/C5H10N2O.C5H9NO2.C4H6O4/c6-5(8)7-3-1-2-4-7;7-5(8)4-2-1-3-6-4;5-3(6)1-2-4(7)8/h1-4H2,(H2,6,8);4,6H,1-3H2,(H,7,8);1-2H2,(H,5,6)(H,7,8)/t;4-;/m.0./s1. The van der Waals surface area contributed by atoms with E-state index in [9.17, 15) is 19.2 Å². The fourth-order valence-electron chi connectivity index (χ4n) is 2.05. The minimum absolute atomic E-state index is 0.269. The number of carboxylic acid groups (broad SMARTS) is 3. The summed E-state index contributed by atoms with van der Waals surface area (Å²) in [4.78, 5) is 41.4. The van der Waals surface area contributed by atoms with E-state index >= 15 is 0 Å². The number of rotatable bonds is 4. The molecule has 6 N–H and O–H groups in total. The van der Waals surface area contributed by atoms with Crippen molar-refractivity contribution in [2.75, 3.05) is 19.6 Å². The molecule has 0 saturated carbocycles. The van der Waals surface area contributed by atoms with Gasteiger partial charge in [-0.05, 0) is 32.2 Å². The Morgan fingerprint density at radius 3 is 1.67 bits per heavy atom. The molecule has 0 bridgehead atoms. The van der Waals surface area contributed by atoms with Crippen LogP contribution in [0.1, 0.15) is 38.5 Å². The van der Waals surface area contributed by atoms with Gasteiger partial charge in [0.05, 0.1) is 12.8 Å². The molecular weight excluding hydrogens is 322 g/mol. The molecule has 2 rings (SSSR count). The summed E-state index contributed by atoms with van der Waals surface area (Å²) < 4.78 is 0. The van der Waals surface area contributed by atoms with E-state index in [0.717, 1.165) is 45.3 Å². The monoisotopic (exact) mass is 347 g/mol. The van der Waals surface area contributed by atoms with Gasteiger partial charge in [-0.2, -0.15) is 0 Å². The van der Waals surface area contributed by atoms with Crippen molar-refractivity contribution in [3.63, 3.8) is 0 Å². The predicted molar refractivity (Wildman–Crippen MR) is 83.6 cm³/mol. The highest BCUT2D eigenvalue weighted by molar-refractivity contribution is 5.75. The number of hydrogen-bond acceptors (Lipinski definition) is 5. The van der Waals surface area contributed by atoms with E-state index in [1.54, 1.807) is 4.90 Å². The first-order chi connectivity index (χ1) is 11.2. The van der Waals surface area contributed by atoms with E-state index in [-0.39, 0.29) is 24.9 Å². The number of carboxylic acids is 3. The Labute approximate surface area is 139 Å². The van der Waals surface area contributed by atoms with E-state index in [1.807, 2.05) is 0 Å². The fourth-order valence-corrected chi connectivity index (χ4v) is 2.05. The summed E-state index contributed by atoms with van der Waals surface area (Å²) in [5.74, 6) is -2.87. The smallest absolute Gasteiger partial charge is 0.320 e. The van der Waals surface area contributed by atoms with Gasteiger partial charge in [-0.25, -0.2) is 4.79 Å². The Balaban J connectivity index is 0.000000331. The predicted octanol–water partition coefficient (Wildman–Crippen LogP) is -0.0803. The number of nitrogens with one attached hydrogen (secondary N) is 1. The molecule has 10 nitrogen and oxygen atoms in total. The first kappa shape index (κ1) is 21.6. The van der Waals surface area contributed by atoms with Crippen LogP contribution in [0.3, 0.4) is 0 Å². The molecule has 2 saturated heterocycles. The third kappa shape index (κ3) is 11.2. The van der Waals surface area contributed by atoms with Crippen LogP contribution in [-0.4, -0.2) is 69.8 Å². The lowest BCUT2D eigenvalue weighted by molar-refractivity contribution is -0.143. The van der Waals surface area contributed by atoms with E-state index < -0.39 is 17.9 Å². The van der Waals surface area contributed by atoms with Crippen LogP contribution in [0.2, 0.25) is 0 Å². The normalized spacial score (nSPS) is 18.7. The van der Waals surface area contributed by atoms with Gasteiger partial charge >= 0.3 is 23.9 Å². The van der Waals surface area contributed by atoms with Gasteiger partial charge < -0.3 is 31.3 Å². The molecule has 2 fully saturated rings. The van der Waals surface area contributed by atoms with Crippen LogP contribution in [0.5, 0.6) is 0 Å². The minimum atomic E-state index is -1.08. The molecule has 0 aliphatic carbocycles. The van der Waals surface area contributed by atoms with E-state index in [2.05, 4.69) is 5.32 Å². The lowest BCUT2D eigenvalue weighted by atomic mass is 10.2. The second-order valence-electron chi connectivity index (χ2n) is 5.31. The molecule has 10 heteroatoms. The van der Waals surface area contributed by atoms with Crippen molar-refractivity contribution >= 4 is 23.9 Å². The van der Waals surface area contributed by atoms with Gasteiger partial charge in [0.25, 0.3) is 0 Å². The average Bonchev–Trinajstić information content (AvgIpc) is 3.19. The van der Waals surface area contributed by atoms with Crippen molar-refractivity contribution in [3.05, 3.63) is 0 Å². The largest absolute Gasteiger partial charge is 0.481 e. The van der Waals surface area contributed by atoms with Gasteiger partial charge in [-0.15, -0.1) is 0 Å². The highest BCUT2D eigenvalue weighted by Crippen LogP contribution is 2.05. The summed E-state index contributed by atoms with van der Waals surface area (Å²) in [5.41, 5.74) is 4.98. The number of amides is 2. The number of nitrogens with two attached hydrogens (primary N) is 1. The molecule has 0 unspecified atom stereocenters. The topological polar surface area (TPSA) is 170 Å². The minimum Gasteiger partial charge on any atom is -0.481 e. The second kappa shape index (κ2) is 12.1. The molecule has 2 aliphatic heterocycles. The van der Waals surface area contributed by atoms with Crippen LogP contribution >= 0.6 is 0 Å². The molecule has 0 spiro atoms. The maximum absolute atomic E-state index is 10.3. The zero-order chi connectivity index (χ0) is 18.5. The van der Waals surface area contributed by atoms with Crippen molar-refractivity contribution in [2.24, 2.45) is 5.73 Å². The van der Waals surface area contributed by atoms with Crippen LogP contribution in [-0.2, 0) is 14.4 Å². The molecule has 0 aromatic carbocycles. The Kier molecular flexibility index (Phi) is 10.9. The summed E-state index contributed by atoms with van der Waals surface area (Å²) in [6.45, 7) is 2.57. The molecular formula is C14H25N3O7. The summed E-state index contributed by atoms with van der Waals surface area (Å²) in [5, 5.41) is 27.0. The number of aliphatic carboxylic acids is 3. The van der Waals surface area contributed by atoms with Crippen LogP contribution in [0.4, 0.5) is 4.79 Å². The van der Waals surface area contributed by atoms with Crippen LogP contribution in [0.15, 0.2) is 0 Å². The van der Waals surface area contributed by atoms with Gasteiger partial charge in [-0.3, -0.25) is 14.4 Å². The summed E-state index contributed by atoms with van der Waals surface area (Å²) >= 11 is 0. The van der Waals surface area contributed by atoms with Crippen molar-refractivity contribution in [2.45, 2.75) is 44.6 Å². The van der Waals surface area contributed by atoms with Crippen molar-refractivity contribution in [3.8, 4) is 0 Å². The Hall–Kier alpha value is -2.36. The molecule has 0 radical (unpaired) electrons. The van der Waals surface area contributed by atoms with Crippen LogP contribution < -0.4 is 11.1 Å². The van der Waals surface area contributed by atoms with Gasteiger partial charge in [0.2, 0.25) is 0 Å². The quantitative estimate of drug-likeness (QED) is 0.470. The molecule has 2 aliphatic rings. The maximum atomic E-state index is 10.3. The number of carbonyl (C=O) groups is 4. The lowest BCUT2D eigenvalue weighted by Crippen LogP contribution is -2.32. The average molecular weight is 347 g/mol. The maximum Gasteiger partial charge on any atom is 0.320 e. The summed E-state index contributed by atoms with van der Waals surface area (Å²) in [7, 11) is 0. The SMILES string of the molecule is NC(=O)N1CCCC1.O=C(O)CCC(=O)O.O=C(O)[C@@H]1CCCN1. The van der Waals surface area contributed by atoms with Gasteiger partial charge in [0.15, 0.2) is 0 Å². The molecule has 138 valence electrons.